The maximum absolute atomic E-state index is 11.9. The third-order valence-electron chi connectivity index (χ3n) is 3.11. The Hall–Kier alpha value is -2.56. The number of esters is 2. The van der Waals surface area contributed by atoms with Gasteiger partial charge >= 0.3 is 11.9 Å². The Labute approximate surface area is 122 Å². The molecule has 2 aromatic rings. The topological polar surface area (TPSA) is 68.5 Å². The fourth-order valence-electron chi connectivity index (χ4n) is 1.94. The fourth-order valence-corrected chi connectivity index (χ4v) is 1.94. The molecule has 1 unspecified atom stereocenters. The van der Waals surface area contributed by atoms with Crippen LogP contribution in [0.15, 0.2) is 41.0 Å². The number of carbonyl (C=O) groups excluding carboxylic acids is 2. The van der Waals surface area contributed by atoms with E-state index in [9.17, 15) is 9.59 Å². The molecule has 1 N–H and O–H groups in total. The van der Waals surface area contributed by atoms with Crippen LogP contribution in [0, 0.1) is 13.8 Å². The van der Waals surface area contributed by atoms with Crippen molar-refractivity contribution in [3.8, 4) is 0 Å². The van der Waals surface area contributed by atoms with E-state index in [2.05, 4.69) is 5.32 Å². The normalized spacial score (nSPS) is 11.8. The van der Waals surface area contributed by atoms with Gasteiger partial charge in [-0.25, -0.2) is 9.59 Å². The molecule has 0 bridgehead atoms. The quantitative estimate of drug-likeness (QED) is 0.691. The van der Waals surface area contributed by atoms with Crippen LogP contribution in [-0.2, 0) is 9.53 Å². The number of anilines is 1. The molecule has 1 aromatic heterocycles. The first-order chi connectivity index (χ1) is 9.99. The first-order valence-electron chi connectivity index (χ1n) is 6.61. The maximum atomic E-state index is 11.9. The van der Waals surface area contributed by atoms with Crippen LogP contribution in [0.3, 0.4) is 0 Å². The van der Waals surface area contributed by atoms with Crippen LogP contribution >= 0.6 is 0 Å². The summed E-state index contributed by atoms with van der Waals surface area (Å²) >= 11 is 0. The van der Waals surface area contributed by atoms with Gasteiger partial charge in [-0.3, -0.25) is 0 Å². The van der Waals surface area contributed by atoms with Crippen LogP contribution in [0.4, 0.5) is 5.69 Å². The molecule has 5 nitrogen and oxygen atoms in total. The molecule has 0 aliphatic carbocycles. The molecule has 110 valence electrons. The molecular weight excluding hydrogens is 270 g/mol. The van der Waals surface area contributed by atoms with Crippen molar-refractivity contribution in [2.75, 3.05) is 5.32 Å². The number of aryl methyl sites for hydroxylation is 2. The second-order valence-electron chi connectivity index (χ2n) is 4.82. The number of rotatable bonds is 4. The van der Waals surface area contributed by atoms with Crippen LogP contribution in [0.2, 0.25) is 0 Å². The molecule has 0 radical (unpaired) electrons. The first kappa shape index (κ1) is 14.8. The van der Waals surface area contributed by atoms with E-state index >= 15 is 0 Å². The van der Waals surface area contributed by atoms with Crippen molar-refractivity contribution >= 4 is 17.6 Å². The maximum Gasteiger partial charge on any atom is 0.381 e. The van der Waals surface area contributed by atoms with Crippen LogP contribution in [0.25, 0.3) is 0 Å². The molecule has 0 saturated heterocycles. The summed E-state index contributed by atoms with van der Waals surface area (Å²) < 4.78 is 9.66. The minimum atomic E-state index is -0.792. The SMILES string of the molecule is Cc1cccc(C)c1NC(C)C(=O)OC(=O)c1ccco1. The molecule has 21 heavy (non-hydrogen) atoms. The number of furan rings is 1. The number of carbonyl (C=O) groups is 2. The zero-order valence-corrected chi connectivity index (χ0v) is 12.2. The molecule has 5 heteroatoms. The second kappa shape index (κ2) is 6.26. The smallest absolute Gasteiger partial charge is 0.381 e. The lowest BCUT2D eigenvalue weighted by Crippen LogP contribution is -2.30. The highest BCUT2D eigenvalue weighted by Gasteiger charge is 2.21. The van der Waals surface area contributed by atoms with Gasteiger partial charge in [0.25, 0.3) is 0 Å². The summed E-state index contributed by atoms with van der Waals surface area (Å²) in [5.74, 6) is -1.44. The van der Waals surface area contributed by atoms with Gasteiger partial charge in [-0.2, -0.15) is 0 Å². The van der Waals surface area contributed by atoms with E-state index in [0.717, 1.165) is 16.8 Å². The van der Waals surface area contributed by atoms with Crippen molar-refractivity contribution in [3.05, 3.63) is 53.5 Å². The average molecular weight is 287 g/mol. The van der Waals surface area contributed by atoms with E-state index in [0.29, 0.717) is 0 Å². The second-order valence-corrected chi connectivity index (χ2v) is 4.82. The number of ether oxygens (including phenoxy) is 1. The van der Waals surface area contributed by atoms with E-state index in [1.165, 1.54) is 12.3 Å². The van der Waals surface area contributed by atoms with Gasteiger partial charge < -0.3 is 14.5 Å². The minimum Gasteiger partial charge on any atom is -0.457 e. The summed E-state index contributed by atoms with van der Waals surface area (Å²) in [4.78, 5) is 23.6. The lowest BCUT2D eigenvalue weighted by Gasteiger charge is -2.17. The lowest BCUT2D eigenvalue weighted by atomic mass is 10.1. The van der Waals surface area contributed by atoms with Gasteiger partial charge in [0.05, 0.1) is 6.26 Å². The third kappa shape index (κ3) is 3.51. The highest BCUT2D eigenvalue weighted by atomic mass is 16.6. The summed E-state index contributed by atoms with van der Waals surface area (Å²) in [5.41, 5.74) is 2.91. The number of nitrogens with one attached hydrogen (secondary N) is 1. The van der Waals surface area contributed by atoms with Gasteiger partial charge in [0.1, 0.15) is 6.04 Å². The summed E-state index contributed by atoms with van der Waals surface area (Å²) in [6.45, 7) is 5.53. The molecular formula is C16H17NO4. The van der Waals surface area contributed by atoms with E-state index in [4.69, 9.17) is 9.15 Å². The Bertz CT molecular complexity index is 626. The predicted octanol–water partition coefficient (Wildman–Crippen LogP) is 3.08. The van der Waals surface area contributed by atoms with Gasteiger partial charge in [-0.15, -0.1) is 0 Å². The molecule has 0 saturated carbocycles. The Kier molecular flexibility index (Phi) is 4.42. The number of hydrogen-bond acceptors (Lipinski definition) is 5. The Morgan fingerprint density at radius 2 is 1.81 bits per heavy atom. The van der Waals surface area contributed by atoms with Crippen LogP contribution < -0.4 is 5.32 Å². The first-order valence-corrected chi connectivity index (χ1v) is 6.61. The van der Waals surface area contributed by atoms with Crippen LogP contribution in [0.5, 0.6) is 0 Å². The van der Waals surface area contributed by atoms with Gasteiger partial charge in [0.15, 0.2) is 0 Å². The van der Waals surface area contributed by atoms with E-state index in [1.807, 2.05) is 32.0 Å². The van der Waals surface area contributed by atoms with Gasteiger partial charge in [0, 0.05) is 5.69 Å². The molecule has 2 rings (SSSR count). The standard InChI is InChI=1S/C16H17NO4/c1-10-6-4-7-11(2)14(10)17-12(3)15(18)21-16(19)13-8-5-9-20-13/h4-9,12,17H,1-3H3. The molecule has 0 fully saturated rings. The predicted molar refractivity (Wildman–Crippen MR) is 78.1 cm³/mol. The highest BCUT2D eigenvalue weighted by Crippen LogP contribution is 2.20. The van der Waals surface area contributed by atoms with Crippen molar-refractivity contribution < 1.29 is 18.7 Å². The number of benzene rings is 1. The Balaban J connectivity index is 2.01. The number of hydrogen-bond donors (Lipinski definition) is 1. The minimum absolute atomic E-state index is 0.00243. The summed E-state index contributed by atoms with van der Waals surface area (Å²) in [6.07, 6.45) is 1.35. The molecule has 1 aromatic carbocycles. The molecule has 1 heterocycles. The summed E-state index contributed by atoms with van der Waals surface area (Å²) in [6, 6.07) is 8.18. The van der Waals surface area contributed by atoms with E-state index < -0.39 is 18.0 Å². The Morgan fingerprint density at radius 3 is 2.38 bits per heavy atom. The summed E-state index contributed by atoms with van der Waals surface area (Å²) in [5, 5.41) is 3.07. The lowest BCUT2D eigenvalue weighted by molar-refractivity contribution is -0.138. The van der Waals surface area contributed by atoms with Gasteiger partial charge in [-0.1, -0.05) is 18.2 Å². The monoisotopic (exact) mass is 287 g/mol. The van der Waals surface area contributed by atoms with Crippen molar-refractivity contribution in [1.29, 1.82) is 0 Å². The molecule has 1 atom stereocenters. The third-order valence-corrected chi connectivity index (χ3v) is 3.11. The zero-order chi connectivity index (χ0) is 15.4. The summed E-state index contributed by atoms with van der Waals surface area (Å²) in [7, 11) is 0. The van der Waals surface area contributed by atoms with Crippen LogP contribution in [-0.4, -0.2) is 18.0 Å². The van der Waals surface area contributed by atoms with Crippen molar-refractivity contribution in [1.82, 2.24) is 0 Å². The van der Waals surface area contributed by atoms with E-state index in [1.54, 1.807) is 13.0 Å². The Morgan fingerprint density at radius 1 is 1.14 bits per heavy atom. The van der Waals surface area contributed by atoms with E-state index in [-0.39, 0.29) is 5.76 Å². The van der Waals surface area contributed by atoms with Gasteiger partial charge in [-0.05, 0) is 44.0 Å². The molecule has 0 aliphatic heterocycles. The van der Waals surface area contributed by atoms with Crippen molar-refractivity contribution in [2.45, 2.75) is 26.8 Å². The van der Waals surface area contributed by atoms with Crippen molar-refractivity contribution in [3.63, 3.8) is 0 Å². The van der Waals surface area contributed by atoms with Crippen molar-refractivity contribution in [2.24, 2.45) is 0 Å². The molecule has 0 spiro atoms. The van der Waals surface area contributed by atoms with Gasteiger partial charge in [0.2, 0.25) is 5.76 Å². The van der Waals surface area contributed by atoms with Crippen LogP contribution in [0.1, 0.15) is 28.6 Å². The fraction of sp³-hybridized carbons (Fsp3) is 0.250. The molecule has 0 aliphatic rings. The average Bonchev–Trinajstić information content (AvgIpc) is 2.97. The zero-order valence-electron chi connectivity index (χ0n) is 12.2. The number of para-hydroxylation sites is 1. The highest BCUT2D eigenvalue weighted by molar-refractivity contribution is 5.97. The molecule has 0 amide bonds. The largest absolute Gasteiger partial charge is 0.457 e.